The number of benzene rings is 1. The largest absolute Gasteiger partial charge is 0.496 e. The fourth-order valence-corrected chi connectivity index (χ4v) is 2.36. The van der Waals surface area contributed by atoms with E-state index >= 15 is 0 Å². The Hall–Kier alpha value is -1.26. The van der Waals surface area contributed by atoms with Gasteiger partial charge in [-0.3, -0.25) is 4.79 Å². The molecule has 0 radical (unpaired) electrons. The van der Waals surface area contributed by atoms with E-state index in [1.807, 2.05) is 36.2 Å². The van der Waals surface area contributed by atoms with Crippen LogP contribution in [0.4, 0.5) is 0 Å². The molecule has 0 unspecified atom stereocenters. The molecule has 2 rings (SSSR count). The number of halogens is 1. The lowest BCUT2D eigenvalue weighted by Crippen LogP contribution is -2.44. The van der Waals surface area contributed by atoms with E-state index in [1.54, 1.807) is 7.11 Å². The summed E-state index contributed by atoms with van der Waals surface area (Å²) in [5, 5.41) is 3.26. The number of amides is 1. The number of hydrogen-bond acceptors (Lipinski definition) is 3. The van der Waals surface area contributed by atoms with Crippen LogP contribution < -0.4 is 10.1 Å². The van der Waals surface area contributed by atoms with Crippen LogP contribution in [0.5, 0.6) is 5.75 Å². The zero-order valence-electron chi connectivity index (χ0n) is 11.4. The molecule has 1 N–H and O–H groups in total. The summed E-state index contributed by atoms with van der Waals surface area (Å²) >= 11 is 0. The Bertz CT molecular complexity index is 418. The van der Waals surface area contributed by atoms with Crippen LogP contribution in [0.25, 0.3) is 0 Å². The van der Waals surface area contributed by atoms with E-state index in [0.29, 0.717) is 17.4 Å². The van der Waals surface area contributed by atoms with E-state index in [9.17, 15) is 4.79 Å². The molecular formula is C14H21ClN2O2. The molecule has 1 fully saturated rings. The summed E-state index contributed by atoms with van der Waals surface area (Å²) in [6, 6.07) is 7.93. The van der Waals surface area contributed by atoms with Crippen molar-refractivity contribution in [3.63, 3.8) is 0 Å². The van der Waals surface area contributed by atoms with Crippen LogP contribution in [0.15, 0.2) is 24.3 Å². The molecule has 1 saturated heterocycles. The fourth-order valence-electron chi connectivity index (χ4n) is 2.36. The Morgan fingerprint density at radius 2 is 1.95 bits per heavy atom. The summed E-state index contributed by atoms with van der Waals surface area (Å²) in [5.41, 5.74) is 0.655. The summed E-state index contributed by atoms with van der Waals surface area (Å²) in [6.45, 7) is 1.62. The van der Waals surface area contributed by atoms with Crippen LogP contribution in [0.3, 0.4) is 0 Å². The molecule has 1 amide bonds. The second-order valence-corrected chi connectivity index (χ2v) is 4.56. The van der Waals surface area contributed by atoms with E-state index < -0.39 is 0 Å². The topological polar surface area (TPSA) is 41.6 Å². The maximum atomic E-state index is 12.4. The molecule has 19 heavy (non-hydrogen) atoms. The first-order valence-corrected chi connectivity index (χ1v) is 6.36. The number of nitrogens with zero attached hydrogens (tertiary/aromatic N) is 1. The van der Waals surface area contributed by atoms with Gasteiger partial charge in [-0.25, -0.2) is 0 Å². The van der Waals surface area contributed by atoms with Gasteiger partial charge in [0.05, 0.1) is 12.7 Å². The zero-order chi connectivity index (χ0) is 13.0. The molecular weight excluding hydrogens is 264 g/mol. The molecule has 0 atom stereocenters. The maximum absolute atomic E-state index is 12.4. The van der Waals surface area contributed by atoms with Gasteiger partial charge in [-0.1, -0.05) is 12.1 Å². The summed E-state index contributed by atoms with van der Waals surface area (Å²) < 4.78 is 5.24. The summed E-state index contributed by atoms with van der Waals surface area (Å²) in [4.78, 5) is 14.3. The molecule has 1 aliphatic heterocycles. The highest BCUT2D eigenvalue weighted by Crippen LogP contribution is 2.21. The second-order valence-electron chi connectivity index (χ2n) is 4.56. The van der Waals surface area contributed by atoms with Gasteiger partial charge in [-0.15, -0.1) is 12.4 Å². The van der Waals surface area contributed by atoms with E-state index in [4.69, 9.17) is 4.74 Å². The van der Waals surface area contributed by atoms with Gasteiger partial charge in [0.2, 0.25) is 0 Å². The van der Waals surface area contributed by atoms with Gasteiger partial charge in [0, 0.05) is 19.1 Å². The van der Waals surface area contributed by atoms with Crippen molar-refractivity contribution in [2.45, 2.75) is 18.9 Å². The molecule has 5 heteroatoms. The molecule has 0 saturated carbocycles. The van der Waals surface area contributed by atoms with E-state index in [1.165, 1.54) is 0 Å². The molecule has 1 aromatic carbocycles. The van der Waals surface area contributed by atoms with Gasteiger partial charge in [-0.2, -0.15) is 0 Å². The summed E-state index contributed by atoms with van der Waals surface area (Å²) in [7, 11) is 3.57. The van der Waals surface area contributed by atoms with Crippen LogP contribution in [0.2, 0.25) is 0 Å². The second kappa shape index (κ2) is 7.36. The van der Waals surface area contributed by atoms with E-state index in [-0.39, 0.29) is 18.3 Å². The Kier molecular flexibility index (Phi) is 6.12. The Balaban J connectivity index is 0.00000180. The molecule has 0 aromatic heterocycles. The molecule has 1 aromatic rings. The van der Waals surface area contributed by atoms with Crippen LogP contribution in [0, 0.1) is 0 Å². The molecule has 1 heterocycles. The van der Waals surface area contributed by atoms with Crippen LogP contribution in [0.1, 0.15) is 23.2 Å². The number of carbonyl (C=O) groups excluding carboxylic acids is 1. The predicted octanol–water partition coefficient (Wildman–Crippen LogP) is 1.94. The first-order chi connectivity index (χ1) is 8.76. The Labute approximate surface area is 120 Å². The highest BCUT2D eigenvalue weighted by atomic mass is 35.5. The number of nitrogens with one attached hydrogen (secondary N) is 1. The molecule has 4 nitrogen and oxygen atoms in total. The van der Waals surface area contributed by atoms with Crippen molar-refractivity contribution in [3.05, 3.63) is 29.8 Å². The fraction of sp³-hybridized carbons (Fsp3) is 0.500. The average Bonchev–Trinajstić information content (AvgIpc) is 2.46. The Morgan fingerprint density at radius 1 is 1.32 bits per heavy atom. The average molecular weight is 285 g/mol. The smallest absolute Gasteiger partial charge is 0.257 e. The van der Waals surface area contributed by atoms with Crippen molar-refractivity contribution >= 4 is 18.3 Å². The third-order valence-electron chi connectivity index (χ3n) is 3.53. The van der Waals surface area contributed by atoms with Gasteiger partial charge in [0.25, 0.3) is 5.91 Å². The lowest BCUT2D eigenvalue weighted by molar-refractivity contribution is 0.0704. The molecule has 1 aliphatic rings. The number of hydrogen-bond donors (Lipinski definition) is 1. The minimum Gasteiger partial charge on any atom is -0.496 e. The number of para-hydroxylation sites is 1. The standard InChI is InChI=1S/C14H20N2O2.ClH/c1-15-11-7-9-16(10-8-11)14(17)12-5-3-4-6-13(12)18-2;/h3-6,11,15H,7-10H2,1-2H3;1H. The molecule has 106 valence electrons. The van der Waals surface area contributed by atoms with Crippen molar-refractivity contribution in [1.82, 2.24) is 10.2 Å². The van der Waals surface area contributed by atoms with Crippen LogP contribution >= 0.6 is 12.4 Å². The first-order valence-electron chi connectivity index (χ1n) is 6.36. The quantitative estimate of drug-likeness (QED) is 0.922. The summed E-state index contributed by atoms with van der Waals surface area (Å²) in [6.07, 6.45) is 2.02. The first kappa shape index (κ1) is 15.8. The molecule has 0 spiro atoms. The van der Waals surface area contributed by atoms with Gasteiger partial charge >= 0.3 is 0 Å². The van der Waals surface area contributed by atoms with Crippen molar-refractivity contribution in [3.8, 4) is 5.75 Å². The van der Waals surface area contributed by atoms with Gasteiger partial charge in [0.1, 0.15) is 5.75 Å². The van der Waals surface area contributed by atoms with Gasteiger partial charge < -0.3 is 15.0 Å². The number of rotatable bonds is 3. The molecule has 0 aliphatic carbocycles. The zero-order valence-corrected chi connectivity index (χ0v) is 12.2. The highest BCUT2D eigenvalue weighted by Gasteiger charge is 2.24. The van der Waals surface area contributed by atoms with Crippen molar-refractivity contribution < 1.29 is 9.53 Å². The maximum Gasteiger partial charge on any atom is 0.257 e. The molecule has 0 bridgehead atoms. The van der Waals surface area contributed by atoms with Crippen molar-refractivity contribution in [2.75, 3.05) is 27.2 Å². The highest BCUT2D eigenvalue weighted by molar-refractivity contribution is 5.97. The number of ether oxygens (including phenoxy) is 1. The number of piperidine rings is 1. The number of carbonyl (C=O) groups is 1. The van der Waals surface area contributed by atoms with Crippen LogP contribution in [-0.2, 0) is 0 Å². The third-order valence-corrected chi connectivity index (χ3v) is 3.53. The van der Waals surface area contributed by atoms with Crippen molar-refractivity contribution in [1.29, 1.82) is 0 Å². The van der Waals surface area contributed by atoms with Gasteiger partial charge in [0.15, 0.2) is 0 Å². The minimum atomic E-state index is 0. The Morgan fingerprint density at radius 3 is 2.53 bits per heavy atom. The van der Waals surface area contributed by atoms with Crippen molar-refractivity contribution in [2.24, 2.45) is 0 Å². The minimum absolute atomic E-state index is 0. The van der Waals surface area contributed by atoms with E-state index in [0.717, 1.165) is 25.9 Å². The third kappa shape index (κ3) is 3.61. The van der Waals surface area contributed by atoms with Gasteiger partial charge in [-0.05, 0) is 32.0 Å². The summed E-state index contributed by atoms with van der Waals surface area (Å²) in [5.74, 6) is 0.722. The van der Waals surface area contributed by atoms with E-state index in [2.05, 4.69) is 5.32 Å². The number of methoxy groups -OCH3 is 1. The SMILES string of the molecule is CNC1CCN(C(=O)c2ccccc2OC)CC1.Cl. The number of likely N-dealkylation sites (tertiary alicyclic amines) is 1. The normalized spacial score (nSPS) is 15.8. The van der Waals surface area contributed by atoms with Crippen LogP contribution in [-0.4, -0.2) is 44.1 Å². The predicted molar refractivity (Wildman–Crippen MR) is 78.2 cm³/mol. The lowest BCUT2D eigenvalue weighted by atomic mass is 10.0. The lowest BCUT2D eigenvalue weighted by Gasteiger charge is -2.32. The monoisotopic (exact) mass is 284 g/mol.